The van der Waals surface area contributed by atoms with Gasteiger partial charge in [0.15, 0.2) is 5.69 Å². The van der Waals surface area contributed by atoms with Gasteiger partial charge in [-0.05, 0) is 54.3 Å². The lowest BCUT2D eigenvalue weighted by Crippen LogP contribution is -2.44. The van der Waals surface area contributed by atoms with Gasteiger partial charge in [0.2, 0.25) is 5.88 Å². The van der Waals surface area contributed by atoms with Gasteiger partial charge in [-0.25, -0.2) is 0 Å². The van der Waals surface area contributed by atoms with E-state index in [0.29, 0.717) is 28.6 Å². The molecule has 0 radical (unpaired) electrons. The number of carbonyl (C=O) groups is 3. The van der Waals surface area contributed by atoms with E-state index in [0.717, 1.165) is 28.6 Å². The van der Waals surface area contributed by atoms with E-state index in [9.17, 15) is 19.5 Å². The van der Waals surface area contributed by atoms with Gasteiger partial charge in [0, 0.05) is 24.0 Å². The number of fused-ring (bicyclic) bond motifs is 3. The average Bonchev–Trinajstić information content (AvgIpc) is 3.45. The Balaban J connectivity index is 1.24. The molecule has 3 amide bonds. The largest absolute Gasteiger partial charge is 0.493 e. The van der Waals surface area contributed by atoms with Gasteiger partial charge in [0.05, 0.1) is 29.4 Å². The van der Waals surface area contributed by atoms with Crippen molar-refractivity contribution in [2.24, 2.45) is 10.2 Å². The zero-order valence-corrected chi connectivity index (χ0v) is 24.1. The molecule has 4 aromatic carbocycles. The molecule has 44 heavy (non-hydrogen) atoms. The number of imide groups is 1. The van der Waals surface area contributed by atoms with E-state index in [1.165, 1.54) is 4.90 Å². The minimum atomic E-state index is -0.493. The molecule has 2 aliphatic rings. The molecule has 218 valence electrons. The lowest BCUT2D eigenvalue weighted by molar-refractivity contribution is 0.0543. The quantitative estimate of drug-likeness (QED) is 0.183. The monoisotopic (exact) mass is 583 g/mol. The van der Waals surface area contributed by atoms with Crippen molar-refractivity contribution >= 4 is 34.3 Å². The SMILES string of the molecule is Cc1ccccc1C(=O)N=Nc1c(O)n(CN2CCc3ccccc3[C@@H]2CN2C(=O)c3ccccc3C2=O)c2ccccc12. The molecule has 0 fully saturated rings. The van der Waals surface area contributed by atoms with Gasteiger partial charge in [-0.15, -0.1) is 10.2 Å². The summed E-state index contributed by atoms with van der Waals surface area (Å²) >= 11 is 0. The lowest BCUT2D eigenvalue weighted by Gasteiger charge is -2.39. The summed E-state index contributed by atoms with van der Waals surface area (Å²) in [6.45, 7) is 2.90. The van der Waals surface area contributed by atoms with Crippen LogP contribution in [0.25, 0.3) is 10.9 Å². The summed E-state index contributed by atoms with van der Waals surface area (Å²) in [7, 11) is 0. The number of nitrogens with zero attached hydrogens (tertiary/aromatic N) is 5. The molecule has 9 nitrogen and oxygen atoms in total. The van der Waals surface area contributed by atoms with Gasteiger partial charge < -0.3 is 5.11 Å². The predicted molar refractivity (Wildman–Crippen MR) is 165 cm³/mol. The maximum absolute atomic E-state index is 13.3. The van der Waals surface area contributed by atoms with Crippen LogP contribution in [0.4, 0.5) is 5.69 Å². The zero-order chi connectivity index (χ0) is 30.4. The van der Waals surface area contributed by atoms with Crippen LogP contribution in [0.5, 0.6) is 5.88 Å². The summed E-state index contributed by atoms with van der Waals surface area (Å²) in [6, 6.07) is 29.2. The average molecular weight is 584 g/mol. The molecule has 2 aliphatic heterocycles. The number of carbonyl (C=O) groups excluding carboxylic acids is 3. The fraction of sp³-hybridized carbons (Fsp3) is 0.171. The summed E-state index contributed by atoms with van der Waals surface area (Å²) in [4.78, 5) is 43.0. The molecule has 0 bridgehead atoms. The van der Waals surface area contributed by atoms with E-state index in [1.807, 2.05) is 61.5 Å². The van der Waals surface area contributed by atoms with Crippen molar-refractivity contribution in [2.75, 3.05) is 13.1 Å². The normalized spacial score (nSPS) is 16.6. The first-order valence-corrected chi connectivity index (χ1v) is 14.5. The highest BCUT2D eigenvalue weighted by atomic mass is 16.3. The minimum Gasteiger partial charge on any atom is -0.493 e. The van der Waals surface area contributed by atoms with Gasteiger partial charge in [0.1, 0.15) is 0 Å². The third-order valence-corrected chi connectivity index (χ3v) is 8.61. The summed E-state index contributed by atoms with van der Waals surface area (Å²) in [5.41, 5.74) is 5.19. The number of hydrogen-bond acceptors (Lipinski definition) is 6. The van der Waals surface area contributed by atoms with Crippen LogP contribution in [0.15, 0.2) is 107 Å². The number of benzene rings is 4. The second-order valence-electron chi connectivity index (χ2n) is 11.1. The highest BCUT2D eigenvalue weighted by Crippen LogP contribution is 2.41. The number of aromatic nitrogens is 1. The van der Waals surface area contributed by atoms with E-state index >= 15 is 0 Å². The second kappa shape index (κ2) is 11.0. The zero-order valence-electron chi connectivity index (χ0n) is 24.1. The van der Waals surface area contributed by atoms with Crippen molar-refractivity contribution in [1.29, 1.82) is 0 Å². The molecule has 0 saturated carbocycles. The van der Waals surface area contributed by atoms with E-state index in [2.05, 4.69) is 21.2 Å². The Hall–Kier alpha value is -5.41. The summed E-state index contributed by atoms with van der Waals surface area (Å²) < 4.78 is 1.74. The van der Waals surface area contributed by atoms with Crippen LogP contribution in [0.1, 0.15) is 53.8 Å². The number of hydrogen-bond donors (Lipinski definition) is 1. The van der Waals surface area contributed by atoms with Crippen molar-refractivity contribution in [3.05, 3.63) is 130 Å². The van der Waals surface area contributed by atoms with Crippen molar-refractivity contribution in [1.82, 2.24) is 14.4 Å². The highest BCUT2D eigenvalue weighted by molar-refractivity contribution is 6.21. The smallest absolute Gasteiger partial charge is 0.295 e. The Morgan fingerprint density at radius 3 is 2.30 bits per heavy atom. The van der Waals surface area contributed by atoms with Crippen LogP contribution in [0.3, 0.4) is 0 Å². The fourth-order valence-electron chi connectivity index (χ4n) is 6.32. The molecule has 0 unspecified atom stereocenters. The molecule has 1 N–H and O–H groups in total. The summed E-state index contributed by atoms with van der Waals surface area (Å²) in [6.07, 6.45) is 0.770. The van der Waals surface area contributed by atoms with E-state index in [4.69, 9.17) is 0 Å². The molecule has 0 aliphatic carbocycles. The lowest BCUT2D eigenvalue weighted by atomic mass is 9.92. The molecule has 3 heterocycles. The Bertz CT molecular complexity index is 1960. The molecule has 1 atom stereocenters. The highest BCUT2D eigenvalue weighted by Gasteiger charge is 2.39. The van der Waals surface area contributed by atoms with Crippen LogP contribution in [-0.2, 0) is 13.1 Å². The van der Waals surface area contributed by atoms with Crippen LogP contribution in [0, 0.1) is 6.92 Å². The Labute approximate surface area is 253 Å². The molecule has 5 aromatic rings. The van der Waals surface area contributed by atoms with Crippen LogP contribution in [-0.4, -0.2) is 50.3 Å². The van der Waals surface area contributed by atoms with Gasteiger partial charge in [0.25, 0.3) is 17.7 Å². The number of rotatable bonds is 6. The van der Waals surface area contributed by atoms with E-state index < -0.39 is 5.91 Å². The number of amides is 3. The third-order valence-electron chi connectivity index (χ3n) is 8.61. The standard InChI is InChI=1S/C35H29N5O4/c1-22-10-2-4-12-24(22)32(41)37-36-31-28-16-8-9-17-29(28)40(35(31)44)21-38-19-18-23-11-3-5-13-25(23)30(38)20-39-33(42)26-14-6-7-15-27(26)34(39)43/h2-17,30,44H,18-21H2,1H3/t30-/m0/s1. The number of aryl methyl sites for hydroxylation is 1. The van der Waals surface area contributed by atoms with Crippen molar-refractivity contribution in [2.45, 2.75) is 26.1 Å². The second-order valence-corrected chi connectivity index (χ2v) is 11.1. The molecular weight excluding hydrogens is 554 g/mol. The van der Waals surface area contributed by atoms with Crippen LogP contribution < -0.4 is 0 Å². The molecule has 0 saturated heterocycles. The van der Waals surface area contributed by atoms with Gasteiger partial charge >= 0.3 is 0 Å². The number of aromatic hydroxyl groups is 1. The van der Waals surface area contributed by atoms with Crippen molar-refractivity contribution in [3.63, 3.8) is 0 Å². The Morgan fingerprint density at radius 2 is 1.52 bits per heavy atom. The molecule has 9 heteroatoms. The molecule has 1 aromatic heterocycles. The Morgan fingerprint density at radius 1 is 0.864 bits per heavy atom. The molecule has 7 rings (SSSR count). The summed E-state index contributed by atoms with van der Waals surface area (Å²) in [5.74, 6) is -1.22. The maximum Gasteiger partial charge on any atom is 0.295 e. The van der Waals surface area contributed by atoms with Gasteiger partial charge in [-0.2, -0.15) is 0 Å². The number of para-hydroxylation sites is 1. The minimum absolute atomic E-state index is 0.120. The first kappa shape index (κ1) is 27.4. The molecular formula is C35H29N5O4. The number of azo groups is 1. The van der Waals surface area contributed by atoms with Crippen LogP contribution >= 0.6 is 0 Å². The Kier molecular flexibility index (Phi) is 6.87. The topological polar surface area (TPSA) is 108 Å². The predicted octanol–water partition coefficient (Wildman–Crippen LogP) is 6.43. The maximum atomic E-state index is 13.3. The van der Waals surface area contributed by atoms with E-state index in [-0.39, 0.29) is 42.6 Å². The summed E-state index contributed by atoms with van der Waals surface area (Å²) in [5, 5.41) is 20.4. The van der Waals surface area contributed by atoms with E-state index in [1.54, 1.807) is 41.0 Å². The third kappa shape index (κ3) is 4.58. The first-order chi connectivity index (χ1) is 21.4. The van der Waals surface area contributed by atoms with Crippen LogP contribution in [0.2, 0.25) is 0 Å². The van der Waals surface area contributed by atoms with Gasteiger partial charge in [-0.3, -0.25) is 28.8 Å². The van der Waals surface area contributed by atoms with Gasteiger partial charge in [-0.1, -0.05) is 72.8 Å². The van der Waals surface area contributed by atoms with Crippen molar-refractivity contribution < 1.29 is 19.5 Å². The first-order valence-electron chi connectivity index (χ1n) is 14.5. The molecule has 0 spiro atoms. The fourth-order valence-corrected chi connectivity index (χ4v) is 6.32. The van der Waals surface area contributed by atoms with Crippen molar-refractivity contribution in [3.8, 4) is 5.88 Å².